The minimum Gasteiger partial charge on any atom is -0.382 e. The molecule has 3 fully saturated rings. The molecule has 3 aliphatic rings. The number of rotatable bonds is 8. The van der Waals surface area contributed by atoms with E-state index in [1.165, 1.54) is 0 Å². The predicted octanol–water partition coefficient (Wildman–Crippen LogP) is -2.88. The summed E-state index contributed by atoms with van der Waals surface area (Å²) < 4.78 is 41.9. The van der Waals surface area contributed by atoms with Gasteiger partial charge in [0.25, 0.3) is 0 Å². The number of hydrogen-bond donors (Lipinski definition) is 2. The molecule has 0 aromatic carbocycles. The summed E-state index contributed by atoms with van der Waals surface area (Å²) >= 11 is 0. The summed E-state index contributed by atoms with van der Waals surface area (Å²) in [7, 11) is 4.41. The molecule has 0 amide bonds. The van der Waals surface area contributed by atoms with E-state index in [1.54, 1.807) is 7.11 Å². The van der Waals surface area contributed by atoms with Crippen LogP contribution in [0.25, 0.3) is 0 Å². The molecule has 3 heterocycles. The lowest BCUT2D eigenvalue weighted by molar-refractivity contribution is -0.0852. The van der Waals surface area contributed by atoms with Gasteiger partial charge in [-0.1, -0.05) is 0 Å². The third kappa shape index (κ3) is 6.26. The molecule has 0 radical (unpaired) electrons. The Kier molecular flexibility index (Phi) is 9.01. The highest BCUT2D eigenvalue weighted by atomic mass is 31.2. The molecule has 0 aromatic heterocycles. The maximum atomic E-state index is 14.3. The van der Waals surface area contributed by atoms with E-state index >= 15 is 0 Å². The summed E-state index contributed by atoms with van der Waals surface area (Å²) in [6, 6.07) is 0.0624. The van der Waals surface area contributed by atoms with Crippen LogP contribution in [-0.2, 0) is 23.3 Å². The van der Waals surface area contributed by atoms with Crippen molar-refractivity contribution < 1.29 is 23.3 Å². The molecule has 166 valence electrons. The topological polar surface area (TPSA) is 87.8 Å². The monoisotopic (exact) mass is 431 g/mol. The second kappa shape index (κ2) is 11.0. The van der Waals surface area contributed by atoms with E-state index in [9.17, 15) is 4.57 Å². The summed E-state index contributed by atoms with van der Waals surface area (Å²) in [6.07, 6.45) is -0.245. The molecule has 13 heteroatoms. The zero-order valence-corrected chi connectivity index (χ0v) is 19.1. The van der Waals surface area contributed by atoms with Crippen LogP contribution in [0.1, 0.15) is 0 Å². The number of hydrazine groups is 1. The molecule has 0 bridgehead atoms. The molecule has 3 rings (SSSR count). The van der Waals surface area contributed by atoms with Crippen LogP contribution in [0.2, 0.25) is 0 Å². The highest BCUT2D eigenvalue weighted by molar-refractivity contribution is 7.54. The molecular weight excluding hydrogens is 395 g/mol. The van der Waals surface area contributed by atoms with Crippen molar-refractivity contribution in [3.63, 3.8) is 0 Å². The smallest absolute Gasteiger partial charge is 0.346 e. The molecule has 29 heavy (non-hydrogen) atoms. The lowest BCUT2D eigenvalue weighted by Gasteiger charge is -2.45. The number of piperazine rings is 1. The maximum absolute atomic E-state index is 14.3. The number of nitrogens with zero attached hydrogens (tertiary/aromatic N) is 3. The van der Waals surface area contributed by atoms with E-state index < -0.39 is 7.67 Å². The van der Waals surface area contributed by atoms with Crippen LogP contribution in [0.3, 0.4) is 0 Å². The predicted molar refractivity (Wildman–Crippen MR) is 116 cm³/mol. The summed E-state index contributed by atoms with van der Waals surface area (Å²) in [6.45, 7) is 6.41. The van der Waals surface area contributed by atoms with Crippen molar-refractivity contribution in [1.82, 2.24) is 25.1 Å². The van der Waals surface area contributed by atoms with Gasteiger partial charge in [0.05, 0.1) is 25.4 Å². The van der Waals surface area contributed by atoms with Gasteiger partial charge in [-0.3, -0.25) is 9.99 Å². The van der Waals surface area contributed by atoms with Crippen molar-refractivity contribution in [3.8, 4) is 0 Å². The van der Waals surface area contributed by atoms with Gasteiger partial charge < -0.3 is 24.1 Å². The summed E-state index contributed by atoms with van der Waals surface area (Å²) in [5.41, 5.74) is 3.18. The van der Waals surface area contributed by atoms with Gasteiger partial charge in [-0.2, -0.15) is 0 Å². The van der Waals surface area contributed by atoms with Crippen LogP contribution in [-0.4, -0.2) is 134 Å². The second-order valence-corrected chi connectivity index (χ2v) is 10.5. The van der Waals surface area contributed by atoms with Crippen molar-refractivity contribution in [2.45, 2.75) is 24.2 Å². The second-order valence-electron chi connectivity index (χ2n) is 8.08. The summed E-state index contributed by atoms with van der Waals surface area (Å²) in [5.74, 6) is 0. The van der Waals surface area contributed by atoms with Crippen molar-refractivity contribution in [3.05, 3.63) is 0 Å². The van der Waals surface area contributed by atoms with Crippen LogP contribution in [0.4, 0.5) is 0 Å². The summed E-state index contributed by atoms with van der Waals surface area (Å²) in [5, 5.41) is 5.45. The van der Waals surface area contributed by atoms with Crippen molar-refractivity contribution in [1.29, 1.82) is 0 Å². The Morgan fingerprint density at radius 1 is 1.03 bits per heavy atom. The van der Waals surface area contributed by atoms with Gasteiger partial charge in [0, 0.05) is 71.5 Å². The number of morpholine rings is 2. The zero-order chi connectivity index (χ0) is 20.9. The standard InChI is InChI=1S/C16H36B2N5O5P/c1-19-21-7-13(27-15(17)9-21)12-26-29(24,22-5-3-20-4-6-22)23-8-14(11-25-2)28-16(18)10-23/h13-16,19-20H,3-12,17-18H2,1-2H3. The fraction of sp³-hybridized carbons (Fsp3) is 1.00. The van der Waals surface area contributed by atoms with Gasteiger partial charge in [0.2, 0.25) is 0 Å². The van der Waals surface area contributed by atoms with Gasteiger partial charge >= 0.3 is 7.67 Å². The Labute approximate surface area is 176 Å². The Bertz CT molecular complexity index is 562. The molecule has 3 aliphatic heterocycles. The molecule has 5 unspecified atom stereocenters. The van der Waals surface area contributed by atoms with E-state index in [0.29, 0.717) is 45.9 Å². The first kappa shape index (κ1) is 23.7. The Morgan fingerprint density at radius 2 is 1.69 bits per heavy atom. The lowest BCUT2D eigenvalue weighted by atomic mass is 9.98. The summed E-state index contributed by atoms with van der Waals surface area (Å²) in [4.78, 5) is 0. The Hall–Kier alpha value is -0.000130. The number of ether oxygens (including phenoxy) is 3. The fourth-order valence-corrected chi connectivity index (χ4v) is 6.83. The van der Waals surface area contributed by atoms with Crippen molar-refractivity contribution >= 4 is 23.4 Å². The first-order chi connectivity index (χ1) is 13.9. The molecule has 5 atom stereocenters. The lowest BCUT2D eigenvalue weighted by Crippen LogP contribution is -2.54. The van der Waals surface area contributed by atoms with E-state index in [0.717, 1.165) is 19.6 Å². The molecule has 0 aromatic rings. The third-order valence-electron chi connectivity index (χ3n) is 5.54. The van der Waals surface area contributed by atoms with E-state index in [1.807, 2.05) is 32.1 Å². The van der Waals surface area contributed by atoms with Crippen LogP contribution >= 0.6 is 7.67 Å². The number of nitrogens with one attached hydrogen (secondary N) is 2. The zero-order valence-electron chi connectivity index (χ0n) is 18.2. The average Bonchev–Trinajstić information content (AvgIpc) is 2.72. The normalized spacial score (nSPS) is 35.4. The molecule has 0 spiro atoms. The molecule has 2 N–H and O–H groups in total. The Balaban J connectivity index is 1.72. The number of hydrogen-bond acceptors (Lipinski definition) is 8. The van der Waals surface area contributed by atoms with E-state index in [2.05, 4.69) is 15.8 Å². The largest absolute Gasteiger partial charge is 0.382 e. The van der Waals surface area contributed by atoms with Crippen LogP contribution in [0, 0.1) is 0 Å². The number of methoxy groups -OCH3 is 1. The quantitative estimate of drug-likeness (QED) is 0.309. The molecule has 3 saturated heterocycles. The molecule has 0 aliphatic carbocycles. The Morgan fingerprint density at radius 3 is 2.34 bits per heavy atom. The highest BCUT2D eigenvalue weighted by Crippen LogP contribution is 2.55. The first-order valence-electron chi connectivity index (χ1n) is 10.6. The van der Waals surface area contributed by atoms with Crippen LogP contribution < -0.4 is 10.7 Å². The van der Waals surface area contributed by atoms with E-state index in [-0.39, 0.29) is 24.2 Å². The SMILES string of the molecule is BC1CN(NC)CC(COP(=O)(N2CCNCC2)N2CC(B)OC(COC)C2)O1. The van der Waals surface area contributed by atoms with Gasteiger partial charge in [0.1, 0.15) is 15.7 Å². The molecule has 0 saturated carbocycles. The van der Waals surface area contributed by atoms with Crippen LogP contribution in [0.15, 0.2) is 0 Å². The van der Waals surface area contributed by atoms with Gasteiger partial charge in [-0.15, -0.1) is 0 Å². The minimum atomic E-state index is -3.21. The van der Waals surface area contributed by atoms with Gasteiger partial charge in [-0.25, -0.2) is 14.3 Å². The van der Waals surface area contributed by atoms with E-state index in [4.69, 9.17) is 18.7 Å². The van der Waals surface area contributed by atoms with Gasteiger partial charge in [-0.05, 0) is 7.05 Å². The molecular formula is C16H36B2N5O5P. The minimum absolute atomic E-state index is 0.0329. The average molecular weight is 431 g/mol. The van der Waals surface area contributed by atoms with Crippen molar-refractivity contribution in [2.24, 2.45) is 0 Å². The highest BCUT2D eigenvalue weighted by Gasteiger charge is 2.44. The molecule has 10 nitrogen and oxygen atoms in total. The maximum Gasteiger partial charge on any atom is 0.346 e. The van der Waals surface area contributed by atoms with Crippen LogP contribution in [0.5, 0.6) is 0 Å². The third-order valence-corrected chi connectivity index (χ3v) is 8.18. The van der Waals surface area contributed by atoms with Gasteiger partial charge in [0.15, 0.2) is 0 Å². The van der Waals surface area contributed by atoms with Crippen molar-refractivity contribution in [2.75, 3.05) is 79.7 Å². The fourth-order valence-electron chi connectivity index (χ4n) is 4.25. The first-order valence-corrected chi connectivity index (χ1v) is 12.2.